The average molecular weight is 325 g/mol. The number of thiol groups is 1. The highest BCUT2D eigenvalue weighted by Crippen LogP contribution is 2.04. The number of hydrogen-bond donors (Lipinski definition) is 3. The van der Waals surface area contributed by atoms with Crippen molar-refractivity contribution in [3.05, 3.63) is 29.8 Å². The van der Waals surface area contributed by atoms with E-state index in [1.807, 2.05) is 12.1 Å². The molecule has 0 aliphatic rings. The van der Waals surface area contributed by atoms with Crippen LogP contribution in [0.25, 0.3) is 0 Å². The van der Waals surface area contributed by atoms with Crippen LogP contribution in [-0.4, -0.2) is 31.7 Å². The van der Waals surface area contributed by atoms with Crippen molar-refractivity contribution in [2.45, 2.75) is 39.2 Å². The third kappa shape index (κ3) is 5.93. The summed E-state index contributed by atoms with van der Waals surface area (Å²) >= 11 is 4.08. The second kappa shape index (κ2) is 7.65. The van der Waals surface area contributed by atoms with E-state index in [1.165, 1.54) is 12.1 Å². The minimum absolute atomic E-state index is 0.213. The lowest BCUT2D eigenvalue weighted by molar-refractivity contribution is -0.127. The molecule has 0 unspecified atom stereocenters. The first kappa shape index (κ1) is 17.8. The quantitative estimate of drug-likeness (QED) is 0.545. The molecule has 0 aromatic heterocycles. The molecule has 1 aromatic carbocycles. The number of carbonyl (C=O) groups is 2. The molecule has 6 heteroatoms. The van der Waals surface area contributed by atoms with E-state index in [1.54, 1.807) is 0 Å². The van der Waals surface area contributed by atoms with E-state index in [2.05, 4.69) is 55.0 Å². The van der Waals surface area contributed by atoms with Gasteiger partial charge in [0, 0.05) is 19.2 Å². The van der Waals surface area contributed by atoms with Crippen LogP contribution < -0.4 is 15.8 Å². The Kier molecular flexibility index (Phi) is 6.48. The number of rotatable bonds is 6. The van der Waals surface area contributed by atoms with E-state index >= 15 is 0 Å². The third-order valence-corrected chi connectivity index (χ3v) is 5.59. The molecule has 0 spiro atoms. The molecule has 0 heterocycles. The fourth-order valence-electron chi connectivity index (χ4n) is 1.87. The summed E-state index contributed by atoms with van der Waals surface area (Å²) in [5.74, 6) is -0.168. The third-order valence-electron chi connectivity index (χ3n) is 3.16. The van der Waals surface area contributed by atoms with Gasteiger partial charge in [-0.1, -0.05) is 49.1 Å². The van der Waals surface area contributed by atoms with Gasteiger partial charge >= 0.3 is 0 Å². The highest BCUT2D eigenvalue weighted by Gasteiger charge is 2.18. The summed E-state index contributed by atoms with van der Waals surface area (Å²) in [4.78, 5) is 22.9. The Morgan fingerprint density at radius 3 is 2.19 bits per heavy atom. The zero-order valence-electron chi connectivity index (χ0n) is 13.1. The van der Waals surface area contributed by atoms with Crippen molar-refractivity contribution in [3.8, 4) is 0 Å². The van der Waals surface area contributed by atoms with Gasteiger partial charge in [-0.25, -0.2) is 0 Å². The molecule has 2 amide bonds. The first-order valence-corrected chi connectivity index (χ1v) is 11.1. The molecule has 0 radical (unpaired) electrons. The van der Waals surface area contributed by atoms with Gasteiger partial charge in [0.1, 0.15) is 6.04 Å². The summed E-state index contributed by atoms with van der Waals surface area (Å²) in [6.07, 6.45) is 0. The van der Waals surface area contributed by atoms with Crippen molar-refractivity contribution in [2.24, 2.45) is 0 Å². The smallest absolute Gasteiger partial charge is 0.243 e. The molecule has 0 aliphatic carbocycles. The van der Waals surface area contributed by atoms with Crippen LogP contribution in [0.1, 0.15) is 12.5 Å². The normalized spacial score (nSPS) is 12.6. The van der Waals surface area contributed by atoms with E-state index in [4.69, 9.17) is 0 Å². The minimum Gasteiger partial charge on any atom is -0.350 e. The fraction of sp³-hybridized carbons (Fsp3) is 0.467. The number of benzene rings is 1. The summed E-state index contributed by atoms with van der Waals surface area (Å²) in [5, 5.41) is 6.79. The van der Waals surface area contributed by atoms with Crippen LogP contribution in [0.15, 0.2) is 24.3 Å². The molecule has 1 rings (SSSR count). The van der Waals surface area contributed by atoms with Crippen LogP contribution in [0.4, 0.5) is 0 Å². The molecule has 0 saturated carbocycles. The molecule has 0 fully saturated rings. The van der Waals surface area contributed by atoms with Crippen LogP contribution in [0.3, 0.4) is 0 Å². The summed E-state index contributed by atoms with van der Waals surface area (Å²) in [7, 11) is -1.29. The largest absolute Gasteiger partial charge is 0.350 e. The molecule has 0 saturated heterocycles. The summed E-state index contributed by atoms with van der Waals surface area (Å²) in [5.41, 5.74) is 1.05. The SMILES string of the molecule is CC(=O)N[C@@H](CS)C(=O)NCc1ccc([Si](C)(C)C)cc1. The van der Waals surface area contributed by atoms with Gasteiger partial charge in [0.2, 0.25) is 11.8 Å². The molecule has 2 N–H and O–H groups in total. The van der Waals surface area contributed by atoms with E-state index < -0.39 is 14.1 Å². The Morgan fingerprint density at radius 2 is 1.76 bits per heavy atom. The van der Waals surface area contributed by atoms with E-state index in [0.717, 1.165) is 5.56 Å². The maximum atomic E-state index is 11.9. The molecule has 21 heavy (non-hydrogen) atoms. The number of hydrogen-bond acceptors (Lipinski definition) is 3. The van der Waals surface area contributed by atoms with E-state index in [-0.39, 0.29) is 17.6 Å². The maximum absolute atomic E-state index is 11.9. The van der Waals surface area contributed by atoms with E-state index in [9.17, 15) is 9.59 Å². The summed E-state index contributed by atoms with van der Waals surface area (Å²) in [6, 6.07) is 7.77. The lowest BCUT2D eigenvalue weighted by atomic mass is 10.2. The Morgan fingerprint density at radius 1 is 1.19 bits per heavy atom. The van der Waals surface area contributed by atoms with Crippen molar-refractivity contribution in [3.63, 3.8) is 0 Å². The minimum atomic E-state index is -1.29. The second-order valence-electron chi connectivity index (χ2n) is 6.10. The van der Waals surface area contributed by atoms with Gasteiger partial charge in [0.15, 0.2) is 0 Å². The van der Waals surface area contributed by atoms with Crippen molar-refractivity contribution >= 4 is 37.7 Å². The first-order valence-electron chi connectivity index (χ1n) is 6.99. The van der Waals surface area contributed by atoms with Crippen molar-refractivity contribution < 1.29 is 9.59 Å². The lowest BCUT2D eigenvalue weighted by Crippen LogP contribution is -2.47. The summed E-state index contributed by atoms with van der Waals surface area (Å²) < 4.78 is 0. The van der Waals surface area contributed by atoms with Crippen LogP contribution in [-0.2, 0) is 16.1 Å². The zero-order chi connectivity index (χ0) is 16.0. The molecule has 116 valence electrons. The van der Waals surface area contributed by atoms with Crippen LogP contribution >= 0.6 is 12.6 Å². The van der Waals surface area contributed by atoms with Crippen molar-refractivity contribution in [1.29, 1.82) is 0 Å². The van der Waals surface area contributed by atoms with Crippen LogP contribution in [0, 0.1) is 0 Å². The monoisotopic (exact) mass is 324 g/mol. The predicted octanol–water partition coefficient (Wildman–Crippen LogP) is 1.28. The van der Waals surface area contributed by atoms with Gasteiger partial charge in [-0.3, -0.25) is 9.59 Å². The number of amides is 2. The Labute approximate surface area is 133 Å². The van der Waals surface area contributed by atoms with E-state index in [0.29, 0.717) is 6.54 Å². The molecular weight excluding hydrogens is 300 g/mol. The molecular formula is C15H24N2O2SSi. The molecule has 0 aliphatic heterocycles. The molecule has 1 atom stereocenters. The van der Waals surface area contributed by atoms with Gasteiger partial charge in [-0.05, 0) is 5.56 Å². The molecule has 4 nitrogen and oxygen atoms in total. The highest BCUT2D eigenvalue weighted by molar-refractivity contribution is 7.80. The van der Waals surface area contributed by atoms with Gasteiger partial charge in [-0.2, -0.15) is 12.6 Å². The average Bonchev–Trinajstić information content (AvgIpc) is 2.41. The predicted molar refractivity (Wildman–Crippen MR) is 92.7 cm³/mol. The Balaban J connectivity index is 2.58. The van der Waals surface area contributed by atoms with Gasteiger partial charge in [-0.15, -0.1) is 0 Å². The lowest BCUT2D eigenvalue weighted by Gasteiger charge is -2.18. The van der Waals surface area contributed by atoms with Gasteiger partial charge in [0.25, 0.3) is 0 Å². The first-order chi connectivity index (χ1) is 9.74. The van der Waals surface area contributed by atoms with Crippen molar-refractivity contribution in [1.82, 2.24) is 10.6 Å². The second-order valence-corrected chi connectivity index (χ2v) is 11.5. The zero-order valence-corrected chi connectivity index (χ0v) is 15.0. The standard InChI is InChI=1S/C15H24N2O2SSi/c1-11(18)17-14(10-20)15(19)16-9-12-5-7-13(8-6-12)21(2,3)4/h5-8,14,20H,9-10H2,1-4H3,(H,16,19)(H,17,18)/t14-/m0/s1. The number of carbonyl (C=O) groups excluding carboxylic acids is 2. The van der Waals surface area contributed by atoms with Crippen LogP contribution in [0.2, 0.25) is 19.6 Å². The molecule has 0 bridgehead atoms. The highest BCUT2D eigenvalue weighted by atomic mass is 32.1. The van der Waals surface area contributed by atoms with Gasteiger partial charge < -0.3 is 10.6 Å². The Hall–Kier alpha value is -1.27. The van der Waals surface area contributed by atoms with Crippen molar-refractivity contribution in [2.75, 3.05) is 5.75 Å². The summed E-state index contributed by atoms with van der Waals surface area (Å²) in [6.45, 7) is 8.74. The van der Waals surface area contributed by atoms with Crippen LogP contribution in [0.5, 0.6) is 0 Å². The number of nitrogens with one attached hydrogen (secondary N) is 2. The molecule has 1 aromatic rings. The maximum Gasteiger partial charge on any atom is 0.243 e. The fourth-order valence-corrected chi connectivity index (χ4v) is 3.30. The Bertz CT molecular complexity index is 497. The van der Waals surface area contributed by atoms with Gasteiger partial charge in [0.05, 0.1) is 8.07 Å². The topological polar surface area (TPSA) is 58.2 Å².